The van der Waals surface area contributed by atoms with Crippen molar-refractivity contribution < 1.29 is 14.3 Å². The van der Waals surface area contributed by atoms with E-state index in [1.54, 1.807) is 0 Å². The minimum atomic E-state index is -0.488. The molecule has 86 valence electrons. The van der Waals surface area contributed by atoms with E-state index in [0.29, 0.717) is 11.3 Å². The van der Waals surface area contributed by atoms with E-state index in [0.717, 1.165) is 16.7 Å². The first-order chi connectivity index (χ1) is 7.40. The Bertz CT molecular complexity index is 459. The largest absolute Gasteiger partial charge is 0.496 e. The zero-order chi connectivity index (χ0) is 12.5. The predicted molar refractivity (Wildman–Crippen MR) is 62.2 cm³/mol. The Kier molecular flexibility index (Phi) is 3.48. The van der Waals surface area contributed by atoms with Gasteiger partial charge < -0.3 is 4.74 Å². The van der Waals surface area contributed by atoms with Crippen molar-refractivity contribution in [1.82, 2.24) is 0 Å². The molecule has 0 aliphatic rings. The third kappa shape index (κ3) is 1.98. The van der Waals surface area contributed by atoms with Crippen molar-refractivity contribution in [3.05, 3.63) is 28.3 Å². The van der Waals surface area contributed by atoms with Crippen LogP contribution in [0.1, 0.15) is 34.0 Å². The molecule has 0 N–H and O–H groups in total. The summed E-state index contributed by atoms with van der Waals surface area (Å²) in [6, 6.07) is 1.90. The molecule has 0 fully saturated rings. The molecule has 0 aliphatic heterocycles. The number of rotatable bonds is 3. The molecule has 0 saturated carbocycles. The third-order valence-electron chi connectivity index (χ3n) is 2.74. The van der Waals surface area contributed by atoms with E-state index in [2.05, 4.69) is 0 Å². The molecule has 3 nitrogen and oxygen atoms in total. The van der Waals surface area contributed by atoms with Gasteiger partial charge >= 0.3 is 0 Å². The van der Waals surface area contributed by atoms with E-state index < -0.39 is 11.6 Å². The summed E-state index contributed by atoms with van der Waals surface area (Å²) < 4.78 is 5.24. The fraction of sp³-hybridized carbons (Fsp3) is 0.385. The molecule has 0 unspecified atom stereocenters. The topological polar surface area (TPSA) is 43.4 Å². The standard InChI is InChI=1S/C13H16O3/c1-7-6-8(2)11(12(15)10(4)14)13(16-5)9(7)3/h6H,1-5H3. The second-order valence-corrected chi connectivity index (χ2v) is 3.93. The van der Waals surface area contributed by atoms with Crippen LogP contribution in [0.3, 0.4) is 0 Å². The molecular formula is C13H16O3. The summed E-state index contributed by atoms with van der Waals surface area (Å²) in [5.41, 5.74) is 3.12. The van der Waals surface area contributed by atoms with Gasteiger partial charge in [-0.05, 0) is 37.5 Å². The lowest BCUT2D eigenvalue weighted by Gasteiger charge is -2.14. The molecule has 0 radical (unpaired) electrons. The van der Waals surface area contributed by atoms with Crippen LogP contribution in [0.4, 0.5) is 0 Å². The first-order valence-corrected chi connectivity index (χ1v) is 5.10. The summed E-state index contributed by atoms with van der Waals surface area (Å²) in [7, 11) is 1.51. The quantitative estimate of drug-likeness (QED) is 0.580. The van der Waals surface area contributed by atoms with Crippen molar-refractivity contribution in [2.45, 2.75) is 27.7 Å². The molecule has 1 aromatic carbocycles. The summed E-state index contributed by atoms with van der Waals surface area (Å²) in [5, 5.41) is 0. The Morgan fingerprint density at radius 1 is 1.12 bits per heavy atom. The minimum Gasteiger partial charge on any atom is -0.496 e. The van der Waals surface area contributed by atoms with Gasteiger partial charge in [0, 0.05) is 6.92 Å². The number of benzene rings is 1. The number of hydrogen-bond donors (Lipinski definition) is 0. The number of ether oxygens (including phenoxy) is 1. The van der Waals surface area contributed by atoms with E-state index in [9.17, 15) is 9.59 Å². The number of ketones is 2. The van der Waals surface area contributed by atoms with Crippen LogP contribution in [-0.2, 0) is 4.79 Å². The molecule has 3 heteroatoms. The first-order valence-electron chi connectivity index (χ1n) is 5.10. The highest BCUT2D eigenvalue weighted by molar-refractivity contribution is 6.43. The Morgan fingerprint density at radius 2 is 1.69 bits per heavy atom. The fourth-order valence-corrected chi connectivity index (χ4v) is 1.76. The maximum absolute atomic E-state index is 11.8. The van der Waals surface area contributed by atoms with Gasteiger partial charge in [0.2, 0.25) is 5.78 Å². The molecule has 16 heavy (non-hydrogen) atoms. The van der Waals surface area contributed by atoms with E-state index in [4.69, 9.17) is 4.74 Å². The first kappa shape index (κ1) is 12.4. The Labute approximate surface area is 95.4 Å². The van der Waals surface area contributed by atoms with Crippen molar-refractivity contribution in [2.24, 2.45) is 0 Å². The zero-order valence-corrected chi connectivity index (χ0v) is 10.3. The van der Waals surface area contributed by atoms with Gasteiger partial charge in [-0.15, -0.1) is 0 Å². The van der Waals surface area contributed by atoms with Crippen LogP contribution >= 0.6 is 0 Å². The van der Waals surface area contributed by atoms with Crippen LogP contribution in [0.15, 0.2) is 6.07 Å². The molecule has 0 saturated heterocycles. The second-order valence-electron chi connectivity index (χ2n) is 3.93. The van der Waals surface area contributed by atoms with E-state index >= 15 is 0 Å². The van der Waals surface area contributed by atoms with Crippen molar-refractivity contribution in [3.8, 4) is 5.75 Å². The molecule has 0 aromatic heterocycles. The summed E-state index contributed by atoms with van der Waals surface area (Å²) in [5.74, 6) is -0.445. The minimum absolute atomic E-state index is 0.387. The van der Waals surface area contributed by atoms with E-state index in [-0.39, 0.29) is 0 Å². The number of methoxy groups -OCH3 is 1. The van der Waals surface area contributed by atoms with Crippen LogP contribution in [0.25, 0.3) is 0 Å². The van der Waals surface area contributed by atoms with E-state index in [1.165, 1.54) is 14.0 Å². The van der Waals surface area contributed by atoms with E-state index in [1.807, 2.05) is 26.8 Å². The molecular weight excluding hydrogens is 204 g/mol. The molecule has 0 spiro atoms. The SMILES string of the molecule is COc1c(C)c(C)cc(C)c1C(=O)C(C)=O. The highest BCUT2D eigenvalue weighted by Gasteiger charge is 2.21. The van der Waals surface area contributed by atoms with Gasteiger partial charge in [0.15, 0.2) is 5.78 Å². The van der Waals surface area contributed by atoms with Gasteiger partial charge in [-0.3, -0.25) is 9.59 Å². The van der Waals surface area contributed by atoms with Crippen LogP contribution in [0.5, 0.6) is 5.75 Å². The number of aryl methyl sites for hydroxylation is 2. The summed E-state index contributed by atoms with van der Waals surface area (Å²) in [4.78, 5) is 22.9. The highest BCUT2D eigenvalue weighted by atomic mass is 16.5. The number of carbonyl (C=O) groups is 2. The highest BCUT2D eigenvalue weighted by Crippen LogP contribution is 2.29. The smallest absolute Gasteiger partial charge is 0.232 e. The molecule has 0 aliphatic carbocycles. The summed E-state index contributed by atoms with van der Waals surface area (Å²) >= 11 is 0. The Hall–Kier alpha value is -1.64. The zero-order valence-electron chi connectivity index (χ0n) is 10.3. The van der Waals surface area contributed by atoms with Crippen molar-refractivity contribution in [1.29, 1.82) is 0 Å². The molecule has 0 bridgehead atoms. The van der Waals surface area contributed by atoms with Crippen molar-refractivity contribution in [3.63, 3.8) is 0 Å². The van der Waals surface area contributed by atoms with Crippen LogP contribution in [0.2, 0.25) is 0 Å². The number of carbonyl (C=O) groups excluding carboxylic acids is 2. The van der Waals surface area contributed by atoms with Crippen LogP contribution in [-0.4, -0.2) is 18.7 Å². The van der Waals surface area contributed by atoms with Gasteiger partial charge in [0.1, 0.15) is 5.75 Å². The lowest BCUT2D eigenvalue weighted by molar-refractivity contribution is -0.113. The van der Waals surface area contributed by atoms with Gasteiger partial charge in [-0.25, -0.2) is 0 Å². The molecule has 0 heterocycles. The van der Waals surface area contributed by atoms with Crippen molar-refractivity contribution >= 4 is 11.6 Å². The average Bonchev–Trinajstić information content (AvgIpc) is 2.21. The molecule has 0 amide bonds. The van der Waals surface area contributed by atoms with Crippen molar-refractivity contribution in [2.75, 3.05) is 7.11 Å². The summed E-state index contributed by atoms with van der Waals surface area (Å²) in [6.07, 6.45) is 0. The predicted octanol–water partition coefficient (Wildman–Crippen LogP) is 2.39. The Morgan fingerprint density at radius 3 is 2.12 bits per heavy atom. The maximum Gasteiger partial charge on any atom is 0.232 e. The number of hydrogen-bond acceptors (Lipinski definition) is 3. The summed E-state index contributed by atoms with van der Waals surface area (Å²) in [6.45, 7) is 6.92. The second kappa shape index (κ2) is 4.47. The lowest BCUT2D eigenvalue weighted by Crippen LogP contribution is -2.14. The lowest BCUT2D eigenvalue weighted by atomic mass is 9.95. The fourth-order valence-electron chi connectivity index (χ4n) is 1.76. The van der Waals surface area contributed by atoms with Gasteiger partial charge in [0.25, 0.3) is 0 Å². The third-order valence-corrected chi connectivity index (χ3v) is 2.74. The number of Topliss-reactive ketones (excluding diaryl/α,β-unsaturated/α-hetero) is 2. The maximum atomic E-state index is 11.8. The normalized spacial score (nSPS) is 10.1. The Balaban J connectivity index is 3.55. The molecule has 1 aromatic rings. The molecule has 1 rings (SSSR count). The van der Waals surface area contributed by atoms with Crippen LogP contribution < -0.4 is 4.74 Å². The van der Waals surface area contributed by atoms with Gasteiger partial charge in [0.05, 0.1) is 12.7 Å². The van der Waals surface area contributed by atoms with Gasteiger partial charge in [-0.1, -0.05) is 6.07 Å². The van der Waals surface area contributed by atoms with Gasteiger partial charge in [-0.2, -0.15) is 0 Å². The monoisotopic (exact) mass is 220 g/mol. The molecule has 0 atom stereocenters. The average molecular weight is 220 g/mol. The van der Waals surface area contributed by atoms with Crippen LogP contribution in [0, 0.1) is 20.8 Å².